The number of rotatable bonds is 52. The normalized spacial score (nSPS) is 11.4. The first-order chi connectivity index (χ1) is 28.8. The largest absolute Gasteiger partial charge is 0.396 e. The Hall–Kier alpha value is -0.0800. The lowest BCUT2D eigenvalue weighted by Crippen LogP contribution is -1.85. The second-order valence-corrected chi connectivity index (χ2v) is 19.1. The molecule has 2 heteroatoms. The van der Waals surface area contributed by atoms with Crippen molar-refractivity contribution in [2.45, 2.75) is 348 Å². The SMILES string of the molecule is CCCCCCCCCCCCCCCCCCCCCCCCCCCCCCCCO.CCCCCCCCCCCCCCCCCCCCCCCCO. The molecule has 0 aliphatic carbocycles. The Labute approximate surface area is 369 Å². The lowest BCUT2D eigenvalue weighted by Gasteiger charge is -2.04. The van der Waals surface area contributed by atoms with Crippen LogP contribution in [-0.2, 0) is 0 Å². The van der Waals surface area contributed by atoms with Crippen molar-refractivity contribution in [1.82, 2.24) is 0 Å². The van der Waals surface area contributed by atoms with Crippen LogP contribution in [0.25, 0.3) is 0 Å². The molecule has 0 aromatic heterocycles. The molecule has 2 nitrogen and oxygen atoms in total. The van der Waals surface area contributed by atoms with Crippen LogP contribution in [-0.4, -0.2) is 23.4 Å². The van der Waals surface area contributed by atoms with Gasteiger partial charge in [0.15, 0.2) is 0 Å². The average molecular weight is 822 g/mol. The van der Waals surface area contributed by atoms with Crippen LogP contribution in [0.15, 0.2) is 0 Å². The van der Waals surface area contributed by atoms with Crippen molar-refractivity contribution in [3.63, 3.8) is 0 Å². The molecule has 0 aliphatic heterocycles. The Morgan fingerprint density at radius 2 is 0.224 bits per heavy atom. The second kappa shape index (κ2) is 61.2. The van der Waals surface area contributed by atoms with E-state index < -0.39 is 0 Å². The minimum Gasteiger partial charge on any atom is -0.396 e. The molecule has 0 saturated carbocycles. The van der Waals surface area contributed by atoms with Gasteiger partial charge in [-0.25, -0.2) is 0 Å². The van der Waals surface area contributed by atoms with Crippen LogP contribution in [0.1, 0.15) is 348 Å². The molecule has 0 atom stereocenters. The van der Waals surface area contributed by atoms with Crippen molar-refractivity contribution in [3.8, 4) is 0 Å². The molecule has 0 heterocycles. The summed E-state index contributed by atoms with van der Waals surface area (Å²) >= 11 is 0. The number of hydrogen-bond donors (Lipinski definition) is 2. The Morgan fingerprint density at radius 1 is 0.138 bits per heavy atom. The predicted molar refractivity (Wildman–Crippen MR) is 266 cm³/mol. The van der Waals surface area contributed by atoms with Gasteiger partial charge in [-0.05, 0) is 12.8 Å². The highest BCUT2D eigenvalue weighted by Crippen LogP contribution is 2.18. The lowest BCUT2D eigenvalue weighted by atomic mass is 10.0. The number of unbranched alkanes of at least 4 members (excludes halogenated alkanes) is 50. The molecule has 0 aliphatic rings. The van der Waals surface area contributed by atoms with Crippen molar-refractivity contribution < 1.29 is 10.2 Å². The minimum atomic E-state index is 0.374. The van der Waals surface area contributed by atoms with Crippen molar-refractivity contribution in [3.05, 3.63) is 0 Å². The standard InChI is InChI=1S/C32H66O.C24H50O/c1-2-3-4-5-6-7-8-9-10-11-12-13-14-15-16-17-18-19-20-21-22-23-24-25-26-27-28-29-30-31-32-33;1-2-3-4-5-6-7-8-9-10-11-12-13-14-15-16-17-18-19-20-21-22-23-24-25/h33H,2-32H2,1H3;25H,2-24H2,1H3. The molecule has 0 bridgehead atoms. The number of aliphatic hydroxyl groups excluding tert-OH is 2. The summed E-state index contributed by atoms with van der Waals surface area (Å²) in [5.74, 6) is 0. The molecule has 58 heavy (non-hydrogen) atoms. The third-order valence-corrected chi connectivity index (χ3v) is 13.0. The van der Waals surface area contributed by atoms with E-state index in [1.54, 1.807) is 0 Å². The second-order valence-electron chi connectivity index (χ2n) is 19.1. The molecule has 2 N–H and O–H groups in total. The zero-order valence-electron chi connectivity index (χ0n) is 41.1. The molecule has 0 rings (SSSR count). The van der Waals surface area contributed by atoms with E-state index in [9.17, 15) is 0 Å². The van der Waals surface area contributed by atoms with E-state index in [0.717, 1.165) is 12.8 Å². The third-order valence-electron chi connectivity index (χ3n) is 13.0. The summed E-state index contributed by atoms with van der Waals surface area (Å²) in [7, 11) is 0. The van der Waals surface area contributed by atoms with Crippen LogP contribution in [0.2, 0.25) is 0 Å². The summed E-state index contributed by atoms with van der Waals surface area (Å²) < 4.78 is 0. The zero-order valence-corrected chi connectivity index (χ0v) is 41.1. The predicted octanol–water partition coefficient (Wildman–Crippen LogP) is 20.3. The number of hydrogen-bond acceptors (Lipinski definition) is 2. The quantitative estimate of drug-likeness (QED) is 0.0600. The molecule has 352 valence electrons. The third kappa shape index (κ3) is 62.6. The fourth-order valence-corrected chi connectivity index (χ4v) is 8.86. The summed E-state index contributed by atoms with van der Waals surface area (Å²) in [6.45, 7) is 5.35. The van der Waals surface area contributed by atoms with Gasteiger partial charge in [-0.2, -0.15) is 0 Å². The molecular weight excluding hydrogens is 705 g/mol. The summed E-state index contributed by atoms with van der Waals surface area (Å²) in [6.07, 6.45) is 74.2. The van der Waals surface area contributed by atoms with Gasteiger partial charge in [-0.3, -0.25) is 0 Å². The molecule has 0 aromatic rings. The fourth-order valence-electron chi connectivity index (χ4n) is 8.86. The molecule has 0 amide bonds. The Balaban J connectivity index is 0. The van der Waals surface area contributed by atoms with Gasteiger partial charge in [0.2, 0.25) is 0 Å². The van der Waals surface area contributed by atoms with E-state index in [2.05, 4.69) is 13.8 Å². The smallest absolute Gasteiger partial charge is 0.0431 e. The lowest BCUT2D eigenvalue weighted by molar-refractivity contribution is 0.282. The highest BCUT2D eigenvalue weighted by Gasteiger charge is 1.98. The van der Waals surface area contributed by atoms with Crippen LogP contribution in [0.5, 0.6) is 0 Å². The van der Waals surface area contributed by atoms with E-state index in [4.69, 9.17) is 10.2 Å². The van der Waals surface area contributed by atoms with E-state index in [-0.39, 0.29) is 0 Å². The van der Waals surface area contributed by atoms with Gasteiger partial charge in [0, 0.05) is 13.2 Å². The maximum atomic E-state index is 8.77. The minimum absolute atomic E-state index is 0.374. The highest BCUT2D eigenvalue weighted by molar-refractivity contribution is 4.54. The van der Waals surface area contributed by atoms with Gasteiger partial charge < -0.3 is 10.2 Å². The van der Waals surface area contributed by atoms with Crippen molar-refractivity contribution >= 4 is 0 Å². The highest BCUT2D eigenvalue weighted by atomic mass is 16.3. The Kier molecular flexibility index (Phi) is 63.3. The van der Waals surface area contributed by atoms with E-state index in [0.29, 0.717) is 13.2 Å². The van der Waals surface area contributed by atoms with Crippen LogP contribution in [0.4, 0.5) is 0 Å². The van der Waals surface area contributed by atoms with Gasteiger partial charge in [-0.15, -0.1) is 0 Å². The average Bonchev–Trinajstić information content (AvgIpc) is 3.24. The van der Waals surface area contributed by atoms with Crippen molar-refractivity contribution in [2.24, 2.45) is 0 Å². The number of aliphatic hydroxyl groups is 2. The molecular formula is C56H116O2. The molecule has 0 unspecified atom stereocenters. The van der Waals surface area contributed by atoms with Crippen LogP contribution >= 0.6 is 0 Å². The van der Waals surface area contributed by atoms with Gasteiger partial charge in [0.25, 0.3) is 0 Å². The molecule has 0 aromatic carbocycles. The summed E-state index contributed by atoms with van der Waals surface area (Å²) in [6, 6.07) is 0. The van der Waals surface area contributed by atoms with Crippen molar-refractivity contribution in [2.75, 3.05) is 13.2 Å². The summed E-state index contributed by atoms with van der Waals surface area (Å²) in [5.41, 5.74) is 0. The maximum absolute atomic E-state index is 8.77. The first kappa shape index (κ1) is 60.0. The fraction of sp³-hybridized carbons (Fsp3) is 1.00. The Bertz CT molecular complexity index is 582. The van der Waals surface area contributed by atoms with Crippen LogP contribution < -0.4 is 0 Å². The van der Waals surface area contributed by atoms with Gasteiger partial charge >= 0.3 is 0 Å². The molecule has 0 saturated heterocycles. The molecule has 0 radical (unpaired) electrons. The zero-order chi connectivity index (χ0) is 42.2. The first-order valence-electron chi connectivity index (χ1n) is 28.0. The van der Waals surface area contributed by atoms with E-state index >= 15 is 0 Å². The van der Waals surface area contributed by atoms with Crippen molar-refractivity contribution in [1.29, 1.82) is 0 Å². The Morgan fingerprint density at radius 3 is 0.310 bits per heavy atom. The van der Waals surface area contributed by atoms with E-state index in [1.165, 1.54) is 321 Å². The van der Waals surface area contributed by atoms with Crippen LogP contribution in [0, 0.1) is 0 Å². The van der Waals surface area contributed by atoms with Gasteiger partial charge in [0.1, 0.15) is 0 Å². The topological polar surface area (TPSA) is 40.5 Å². The van der Waals surface area contributed by atoms with Gasteiger partial charge in [-0.1, -0.05) is 335 Å². The summed E-state index contributed by atoms with van der Waals surface area (Å²) in [5, 5.41) is 17.5. The maximum Gasteiger partial charge on any atom is 0.0431 e. The van der Waals surface area contributed by atoms with Gasteiger partial charge in [0.05, 0.1) is 0 Å². The summed E-state index contributed by atoms with van der Waals surface area (Å²) in [4.78, 5) is 0. The van der Waals surface area contributed by atoms with E-state index in [1.807, 2.05) is 0 Å². The monoisotopic (exact) mass is 821 g/mol. The van der Waals surface area contributed by atoms with Crippen LogP contribution in [0.3, 0.4) is 0 Å². The first-order valence-corrected chi connectivity index (χ1v) is 28.0. The molecule has 0 spiro atoms. The molecule has 0 fully saturated rings.